The number of rotatable bonds is 8. The van der Waals surface area contributed by atoms with Crippen LogP contribution in [0, 0.1) is 0 Å². The van der Waals surface area contributed by atoms with Crippen LogP contribution in [0.1, 0.15) is 30.1 Å². The molecule has 0 atom stereocenters. The van der Waals surface area contributed by atoms with Gasteiger partial charge in [-0.1, -0.05) is 19.4 Å². The van der Waals surface area contributed by atoms with Crippen molar-refractivity contribution < 1.29 is 17.9 Å². The van der Waals surface area contributed by atoms with Crippen molar-refractivity contribution in [3.8, 4) is 5.75 Å². The normalized spacial score (nSPS) is 11.0. The second-order valence-corrected chi connectivity index (χ2v) is 7.15. The molecule has 6 nitrogen and oxygen atoms in total. The third-order valence-corrected chi connectivity index (χ3v) is 4.94. The summed E-state index contributed by atoms with van der Waals surface area (Å²) < 4.78 is 32.6. The smallest absolute Gasteiger partial charge is 0.261 e. The van der Waals surface area contributed by atoms with Gasteiger partial charge in [-0.05, 0) is 48.9 Å². The Balaban J connectivity index is 2.15. The van der Waals surface area contributed by atoms with E-state index in [-0.39, 0.29) is 10.8 Å². The molecule has 0 heterocycles. The van der Waals surface area contributed by atoms with Crippen molar-refractivity contribution in [2.75, 3.05) is 18.4 Å². The molecule has 0 radical (unpaired) electrons. The molecule has 2 aromatic rings. The molecule has 0 aromatic heterocycles. The van der Waals surface area contributed by atoms with Crippen molar-refractivity contribution in [1.29, 1.82) is 0 Å². The summed E-state index contributed by atoms with van der Waals surface area (Å²) in [5.41, 5.74) is 0.729. The van der Waals surface area contributed by atoms with Crippen molar-refractivity contribution in [2.24, 2.45) is 0 Å². The predicted octanol–water partition coefficient (Wildman–Crippen LogP) is 3.03. The minimum Gasteiger partial charge on any atom is -0.497 e. The summed E-state index contributed by atoms with van der Waals surface area (Å²) in [6, 6.07) is 12.5. The van der Waals surface area contributed by atoms with Crippen LogP contribution in [0.4, 0.5) is 5.69 Å². The molecule has 0 fully saturated rings. The molecule has 2 N–H and O–H groups in total. The molecule has 0 aliphatic carbocycles. The molecule has 0 aliphatic heterocycles. The Morgan fingerprint density at radius 3 is 2.48 bits per heavy atom. The zero-order chi connectivity index (χ0) is 18.3. The Labute approximate surface area is 148 Å². The van der Waals surface area contributed by atoms with E-state index in [1.165, 1.54) is 19.2 Å². The number of unbranched alkanes of at least 4 members (excludes halogenated alkanes) is 1. The van der Waals surface area contributed by atoms with Gasteiger partial charge in [0.1, 0.15) is 5.75 Å². The molecule has 2 rings (SSSR count). The van der Waals surface area contributed by atoms with Crippen LogP contribution in [-0.4, -0.2) is 28.0 Å². The van der Waals surface area contributed by atoms with E-state index in [1.54, 1.807) is 36.4 Å². The van der Waals surface area contributed by atoms with Gasteiger partial charge in [-0.25, -0.2) is 8.42 Å². The summed E-state index contributed by atoms with van der Waals surface area (Å²) in [5.74, 6) is 0.351. The fourth-order valence-corrected chi connectivity index (χ4v) is 3.26. The monoisotopic (exact) mass is 362 g/mol. The highest BCUT2D eigenvalue weighted by Gasteiger charge is 2.16. The highest BCUT2D eigenvalue weighted by Crippen LogP contribution is 2.20. The second-order valence-electron chi connectivity index (χ2n) is 5.47. The minimum atomic E-state index is -3.78. The van der Waals surface area contributed by atoms with E-state index in [2.05, 4.69) is 10.0 Å². The molecule has 0 saturated carbocycles. The summed E-state index contributed by atoms with van der Waals surface area (Å²) in [7, 11) is -2.25. The fourth-order valence-electron chi connectivity index (χ4n) is 2.16. The number of carbonyl (C=O) groups is 1. The van der Waals surface area contributed by atoms with Crippen LogP contribution in [-0.2, 0) is 10.0 Å². The first-order valence-corrected chi connectivity index (χ1v) is 9.49. The quantitative estimate of drug-likeness (QED) is 0.707. The van der Waals surface area contributed by atoms with E-state index in [0.29, 0.717) is 23.5 Å². The average Bonchev–Trinajstić information content (AvgIpc) is 2.62. The van der Waals surface area contributed by atoms with Crippen LogP contribution < -0.4 is 14.8 Å². The maximum atomic E-state index is 12.5. The van der Waals surface area contributed by atoms with Gasteiger partial charge in [-0.3, -0.25) is 9.52 Å². The first kappa shape index (κ1) is 18.8. The van der Waals surface area contributed by atoms with Crippen LogP contribution in [0.15, 0.2) is 53.4 Å². The maximum absolute atomic E-state index is 12.5. The zero-order valence-electron chi connectivity index (χ0n) is 14.3. The molecule has 7 heteroatoms. The van der Waals surface area contributed by atoms with Crippen molar-refractivity contribution in [1.82, 2.24) is 5.32 Å². The van der Waals surface area contributed by atoms with Gasteiger partial charge in [0, 0.05) is 17.8 Å². The first-order chi connectivity index (χ1) is 12.0. The Morgan fingerprint density at radius 1 is 1.12 bits per heavy atom. The number of hydrogen-bond acceptors (Lipinski definition) is 4. The lowest BCUT2D eigenvalue weighted by atomic mass is 10.2. The summed E-state index contributed by atoms with van der Waals surface area (Å²) in [6.45, 7) is 2.60. The lowest BCUT2D eigenvalue weighted by molar-refractivity contribution is 0.0953. The van der Waals surface area contributed by atoms with Crippen molar-refractivity contribution in [2.45, 2.75) is 24.7 Å². The summed E-state index contributed by atoms with van der Waals surface area (Å²) in [4.78, 5) is 12.1. The number of amides is 1. The molecule has 2 aromatic carbocycles. The third-order valence-electron chi connectivity index (χ3n) is 3.56. The highest BCUT2D eigenvalue weighted by atomic mass is 32.2. The average molecular weight is 362 g/mol. The van der Waals surface area contributed by atoms with Crippen molar-refractivity contribution in [3.05, 3.63) is 54.1 Å². The summed E-state index contributed by atoms with van der Waals surface area (Å²) >= 11 is 0. The number of benzene rings is 2. The predicted molar refractivity (Wildman–Crippen MR) is 97.5 cm³/mol. The molecule has 25 heavy (non-hydrogen) atoms. The number of anilines is 1. The molecule has 0 bridgehead atoms. The lowest BCUT2D eigenvalue weighted by Gasteiger charge is -2.10. The highest BCUT2D eigenvalue weighted by molar-refractivity contribution is 7.92. The lowest BCUT2D eigenvalue weighted by Crippen LogP contribution is -2.24. The number of ether oxygens (including phenoxy) is 1. The van der Waals surface area contributed by atoms with Gasteiger partial charge in [0.05, 0.1) is 12.0 Å². The van der Waals surface area contributed by atoms with Gasteiger partial charge in [-0.15, -0.1) is 0 Å². The van der Waals surface area contributed by atoms with Gasteiger partial charge in [-0.2, -0.15) is 0 Å². The minimum absolute atomic E-state index is 0.0338. The van der Waals surface area contributed by atoms with Crippen LogP contribution in [0.25, 0.3) is 0 Å². The Morgan fingerprint density at radius 2 is 1.84 bits per heavy atom. The SMILES string of the molecule is CCCCNC(=O)c1cccc(S(=O)(=O)Nc2ccc(OC)cc2)c1. The maximum Gasteiger partial charge on any atom is 0.261 e. The Hall–Kier alpha value is -2.54. The van der Waals surface area contributed by atoms with Crippen molar-refractivity contribution in [3.63, 3.8) is 0 Å². The Bertz CT molecular complexity index is 817. The molecule has 0 unspecified atom stereocenters. The fraction of sp³-hybridized carbons (Fsp3) is 0.278. The van der Waals surface area contributed by atoms with E-state index < -0.39 is 10.0 Å². The topological polar surface area (TPSA) is 84.5 Å². The van der Waals surface area contributed by atoms with Crippen LogP contribution in [0.3, 0.4) is 0 Å². The van der Waals surface area contributed by atoms with E-state index in [4.69, 9.17) is 4.74 Å². The molecule has 1 amide bonds. The van der Waals surface area contributed by atoms with Gasteiger partial charge >= 0.3 is 0 Å². The second kappa shape index (κ2) is 8.53. The van der Waals surface area contributed by atoms with Crippen molar-refractivity contribution >= 4 is 21.6 Å². The molecular weight excluding hydrogens is 340 g/mol. The standard InChI is InChI=1S/C18H22N2O4S/c1-3-4-12-19-18(21)14-6-5-7-17(13-14)25(22,23)20-15-8-10-16(24-2)11-9-15/h5-11,13,20H,3-4,12H2,1-2H3,(H,19,21). The zero-order valence-corrected chi connectivity index (χ0v) is 15.1. The van der Waals surface area contributed by atoms with Gasteiger partial charge in [0.15, 0.2) is 0 Å². The summed E-state index contributed by atoms with van der Waals surface area (Å²) in [5, 5.41) is 2.77. The number of sulfonamides is 1. The van der Waals surface area contributed by atoms with E-state index >= 15 is 0 Å². The molecule has 0 saturated heterocycles. The largest absolute Gasteiger partial charge is 0.497 e. The number of hydrogen-bond donors (Lipinski definition) is 2. The third kappa shape index (κ3) is 5.22. The van der Waals surface area contributed by atoms with E-state index in [0.717, 1.165) is 12.8 Å². The summed E-state index contributed by atoms with van der Waals surface area (Å²) in [6.07, 6.45) is 1.85. The first-order valence-electron chi connectivity index (χ1n) is 8.01. The van der Waals surface area contributed by atoms with E-state index in [1.807, 2.05) is 6.92 Å². The van der Waals surface area contributed by atoms with Gasteiger partial charge in [0.25, 0.3) is 15.9 Å². The number of nitrogens with one attached hydrogen (secondary N) is 2. The van der Waals surface area contributed by atoms with Gasteiger partial charge in [0.2, 0.25) is 0 Å². The van der Waals surface area contributed by atoms with Crippen LogP contribution in [0.2, 0.25) is 0 Å². The molecule has 0 spiro atoms. The molecular formula is C18H22N2O4S. The number of carbonyl (C=O) groups excluding carboxylic acids is 1. The van der Waals surface area contributed by atoms with Crippen LogP contribution >= 0.6 is 0 Å². The van der Waals surface area contributed by atoms with E-state index in [9.17, 15) is 13.2 Å². The van der Waals surface area contributed by atoms with Gasteiger partial charge < -0.3 is 10.1 Å². The van der Waals surface area contributed by atoms with Crippen LogP contribution in [0.5, 0.6) is 5.75 Å². The number of methoxy groups -OCH3 is 1. The molecule has 0 aliphatic rings. The Kier molecular flexibility index (Phi) is 6.41. The molecule has 134 valence electrons.